The van der Waals surface area contributed by atoms with E-state index in [0.29, 0.717) is 6.04 Å². The van der Waals surface area contributed by atoms with Gasteiger partial charge in [-0.15, -0.1) is 11.3 Å². The molecule has 3 heterocycles. The normalized spacial score (nSPS) is 18.8. The standard InChI is InChI=1S/C17H16N2S/c1-2-5-13(6-3-1)15-7-4-11-19(15)16-8-10-18-14-9-12-20-17(14)16/h1-3,5-6,8-10,12,15H,4,7,11H2. The van der Waals surface area contributed by atoms with E-state index in [2.05, 4.69) is 57.7 Å². The Kier molecular flexibility index (Phi) is 2.92. The van der Waals surface area contributed by atoms with Gasteiger partial charge >= 0.3 is 0 Å². The lowest BCUT2D eigenvalue weighted by atomic mass is 10.0. The molecule has 3 aromatic rings. The second kappa shape index (κ2) is 4.91. The topological polar surface area (TPSA) is 16.1 Å². The van der Waals surface area contributed by atoms with E-state index >= 15 is 0 Å². The van der Waals surface area contributed by atoms with E-state index in [1.807, 2.05) is 6.20 Å². The van der Waals surface area contributed by atoms with Crippen LogP contribution < -0.4 is 4.90 Å². The molecule has 1 fully saturated rings. The zero-order chi connectivity index (χ0) is 13.4. The van der Waals surface area contributed by atoms with Crippen LogP contribution in [0.3, 0.4) is 0 Å². The summed E-state index contributed by atoms with van der Waals surface area (Å²) < 4.78 is 1.32. The zero-order valence-corrected chi connectivity index (χ0v) is 12.0. The highest BCUT2D eigenvalue weighted by molar-refractivity contribution is 7.17. The van der Waals surface area contributed by atoms with Crippen molar-refractivity contribution in [2.45, 2.75) is 18.9 Å². The van der Waals surface area contributed by atoms with E-state index in [9.17, 15) is 0 Å². The Morgan fingerprint density at radius 1 is 1.10 bits per heavy atom. The Balaban J connectivity index is 1.79. The molecule has 0 radical (unpaired) electrons. The lowest BCUT2D eigenvalue weighted by Crippen LogP contribution is -2.22. The van der Waals surface area contributed by atoms with E-state index in [-0.39, 0.29) is 0 Å². The van der Waals surface area contributed by atoms with Crippen molar-refractivity contribution in [3.8, 4) is 0 Å². The molecule has 1 aliphatic heterocycles. The summed E-state index contributed by atoms with van der Waals surface area (Å²) in [5.74, 6) is 0. The Morgan fingerprint density at radius 3 is 2.90 bits per heavy atom. The number of hydrogen-bond acceptors (Lipinski definition) is 3. The van der Waals surface area contributed by atoms with Crippen LogP contribution in [0.15, 0.2) is 54.0 Å². The van der Waals surface area contributed by atoms with E-state index < -0.39 is 0 Å². The highest BCUT2D eigenvalue weighted by atomic mass is 32.1. The summed E-state index contributed by atoms with van der Waals surface area (Å²) in [5, 5.41) is 2.13. The highest BCUT2D eigenvalue weighted by Gasteiger charge is 2.27. The molecule has 3 heteroatoms. The quantitative estimate of drug-likeness (QED) is 0.680. The van der Waals surface area contributed by atoms with Gasteiger partial charge in [0.25, 0.3) is 0 Å². The molecule has 0 aliphatic carbocycles. The van der Waals surface area contributed by atoms with E-state index in [4.69, 9.17) is 0 Å². The maximum atomic E-state index is 4.45. The maximum Gasteiger partial charge on any atom is 0.0830 e. The van der Waals surface area contributed by atoms with Crippen LogP contribution in [0.25, 0.3) is 10.2 Å². The number of nitrogens with zero attached hydrogens (tertiary/aromatic N) is 2. The number of fused-ring (bicyclic) bond motifs is 1. The Hall–Kier alpha value is -1.87. The number of thiophene rings is 1. The molecular weight excluding hydrogens is 264 g/mol. The molecular formula is C17H16N2S. The van der Waals surface area contributed by atoms with Gasteiger partial charge < -0.3 is 4.90 Å². The second-order valence-electron chi connectivity index (χ2n) is 5.23. The first-order chi connectivity index (χ1) is 9.93. The lowest BCUT2D eigenvalue weighted by Gasteiger charge is -2.27. The summed E-state index contributed by atoms with van der Waals surface area (Å²) >= 11 is 1.79. The van der Waals surface area contributed by atoms with Gasteiger partial charge in [-0.05, 0) is 35.9 Å². The predicted molar refractivity (Wildman–Crippen MR) is 85.4 cm³/mol. The van der Waals surface area contributed by atoms with Gasteiger partial charge in [-0.3, -0.25) is 4.98 Å². The van der Waals surface area contributed by atoms with Crippen LogP contribution in [-0.4, -0.2) is 11.5 Å². The molecule has 4 rings (SSSR count). The fraction of sp³-hybridized carbons (Fsp3) is 0.235. The van der Waals surface area contributed by atoms with Crippen molar-refractivity contribution in [1.29, 1.82) is 0 Å². The van der Waals surface area contributed by atoms with E-state index in [1.54, 1.807) is 11.3 Å². The fourth-order valence-corrected chi connectivity index (χ4v) is 4.04. The molecule has 1 unspecified atom stereocenters. The summed E-state index contributed by atoms with van der Waals surface area (Å²) in [6, 6.07) is 15.6. The molecule has 2 nitrogen and oxygen atoms in total. The van der Waals surface area contributed by atoms with Gasteiger partial charge in [0.15, 0.2) is 0 Å². The molecule has 1 aliphatic rings. The molecule has 1 saturated heterocycles. The van der Waals surface area contributed by atoms with Crippen molar-refractivity contribution in [2.24, 2.45) is 0 Å². The van der Waals surface area contributed by atoms with Crippen molar-refractivity contribution in [1.82, 2.24) is 4.98 Å². The van der Waals surface area contributed by atoms with Crippen LogP contribution in [0.5, 0.6) is 0 Å². The van der Waals surface area contributed by atoms with Crippen LogP contribution in [0.4, 0.5) is 5.69 Å². The van der Waals surface area contributed by atoms with Crippen molar-refractivity contribution in [3.05, 3.63) is 59.6 Å². The van der Waals surface area contributed by atoms with Gasteiger partial charge in [-0.25, -0.2) is 0 Å². The maximum absolute atomic E-state index is 4.45. The largest absolute Gasteiger partial charge is 0.363 e. The number of aromatic nitrogens is 1. The Labute approximate surface area is 122 Å². The van der Waals surface area contributed by atoms with Gasteiger partial charge in [-0.1, -0.05) is 30.3 Å². The number of pyridine rings is 1. The van der Waals surface area contributed by atoms with Gasteiger partial charge in [0, 0.05) is 12.7 Å². The minimum atomic E-state index is 0.504. The smallest absolute Gasteiger partial charge is 0.0830 e. The lowest BCUT2D eigenvalue weighted by molar-refractivity contribution is 0.721. The third kappa shape index (κ3) is 1.90. The Morgan fingerprint density at radius 2 is 2.00 bits per heavy atom. The van der Waals surface area contributed by atoms with Gasteiger partial charge in [0.1, 0.15) is 0 Å². The first kappa shape index (κ1) is 11.9. The highest BCUT2D eigenvalue weighted by Crippen LogP contribution is 2.40. The third-order valence-electron chi connectivity index (χ3n) is 4.07. The van der Waals surface area contributed by atoms with Crippen LogP contribution in [0, 0.1) is 0 Å². The summed E-state index contributed by atoms with van der Waals surface area (Å²) in [4.78, 5) is 7.01. The van der Waals surface area contributed by atoms with Crippen molar-refractivity contribution >= 4 is 27.2 Å². The van der Waals surface area contributed by atoms with E-state index in [0.717, 1.165) is 12.1 Å². The van der Waals surface area contributed by atoms with Crippen molar-refractivity contribution in [3.63, 3.8) is 0 Å². The molecule has 1 atom stereocenters. The molecule has 1 aromatic carbocycles. The average molecular weight is 280 g/mol. The fourth-order valence-electron chi connectivity index (χ4n) is 3.16. The molecule has 0 spiro atoms. The number of rotatable bonds is 2. The molecule has 0 saturated carbocycles. The van der Waals surface area contributed by atoms with Crippen molar-refractivity contribution < 1.29 is 0 Å². The molecule has 0 bridgehead atoms. The summed E-state index contributed by atoms with van der Waals surface area (Å²) in [6.07, 6.45) is 4.43. The third-order valence-corrected chi connectivity index (χ3v) is 5.00. The second-order valence-corrected chi connectivity index (χ2v) is 6.14. The zero-order valence-electron chi connectivity index (χ0n) is 11.2. The SMILES string of the molecule is c1ccc(C2CCCN2c2ccnc3ccsc23)cc1. The minimum absolute atomic E-state index is 0.504. The first-order valence-corrected chi connectivity index (χ1v) is 7.95. The number of hydrogen-bond donors (Lipinski definition) is 0. The van der Waals surface area contributed by atoms with Gasteiger partial charge in [0.2, 0.25) is 0 Å². The van der Waals surface area contributed by atoms with Crippen LogP contribution in [0.1, 0.15) is 24.4 Å². The molecule has 20 heavy (non-hydrogen) atoms. The summed E-state index contributed by atoms with van der Waals surface area (Å²) in [5.41, 5.74) is 3.88. The molecule has 0 amide bonds. The van der Waals surface area contributed by atoms with Gasteiger partial charge in [-0.2, -0.15) is 0 Å². The monoisotopic (exact) mass is 280 g/mol. The average Bonchev–Trinajstić information content (AvgIpc) is 3.16. The molecule has 0 N–H and O–H groups in total. The number of anilines is 1. The Bertz CT molecular complexity index is 720. The first-order valence-electron chi connectivity index (χ1n) is 7.07. The summed E-state index contributed by atoms with van der Waals surface area (Å²) in [7, 11) is 0. The van der Waals surface area contributed by atoms with Crippen molar-refractivity contribution in [2.75, 3.05) is 11.4 Å². The van der Waals surface area contributed by atoms with Crippen LogP contribution in [0.2, 0.25) is 0 Å². The minimum Gasteiger partial charge on any atom is -0.363 e. The molecule has 100 valence electrons. The summed E-state index contributed by atoms with van der Waals surface area (Å²) in [6.45, 7) is 1.14. The predicted octanol–water partition coefficient (Wildman–Crippen LogP) is 4.64. The van der Waals surface area contributed by atoms with Crippen LogP contribution >= 0.6 is 11.3 Å². The number of benzene rings is 1. The van der Waals surface area contributed by atoms with Gasteiger partial charge in [0.05, 0.1) is 21.9 Å². The van der Waals surface area contributed by atoms with E-state index in [1.165, 1.54) is 28.8 Å². The van der Waals surface area contributed by atoms with Crippen LogP contribution in [-0.2, 0) is 0 Å². The molecule has 2 aromatic heterocycles.